The summed E-state index contributed by atoms with van der Waals surface area (Å²) in [5.74, 6) is -18.1. The molecule has 4 atom stereocenters. The Morgan fingerprint density at radius 1 is 0.304 bits per heavy atom. The Kier molecular flexibility index (Phi) is 30.7. The van der Waals surface area contributed by atoms with E-state index in [-0.39, 0.29) is 183 Å². The molecule has 9 rings (SSSR count). The van der Waals surface area contributed by atoms with Crippen LogP contribution < -0.4 is 139 Å². The zero-order chi connectivity index (χ0) is 63.6. The van der Waals surface area contributed by atoms with E-state index >= 15 is 20.4 Å². The summed E-state index contributed by atoms with van der Waals surface area (Å²) in [6.45, 7) is 2.18. The van der Waals surface area contributed by atoms with Gasteiger partial charge in [0, 0.05) is 83.2 Å². The number of benzene rings is 4. The maximum atomic E-state index is 15.8. The Balaban J connectivity index is 0.00000384. The summed E-state index contributed by atoms with van der Waals surface area (Å²) < 4.78 is 147. The van der Waals surface area contributed by atoms with Gasteiger partial charge in [-0.15, -0.1) is 11.5 Å². The van der Waals surface area contributed by atoms with Gasteiger partial charge in [0.15, 0.2) is 0 Å². The van der Waals surface area contributed by atoms with Crippen LogP contribution in [-0.2, 0) is 66.7 Å². The van der Waals surface area contributed by atoms with Gasteiger partial charge in [-0.25, -0.2) is 0 Å². The first kappa shape index (κ1) is 81.4. The molecule has 4 unspecified atom stereocenters. The van der Waals surface area contributed by atoms with Crippen molar-refractivity contribution in [2.24, 2.45) is 0 Å². The average Bonchev–Trinajstić information content (AvgIpc) is 0.752. The van der Waals surface area contributed by atoms with Gasteiger partial charge in [0.1, 0.15) is 23.0 Å². The number of hydrogen-bond acceptors (Lipinski definition) is 20. The van der Waals surface area contributed by atoms with Crippen LogP contribution in [0.4, 0.5) is 0 Å². The van der Waals surface area contributed by atoms with Gasteiger partial charge in [0.2, 0.25) is 0 Å². The molecule has 0 amide bonds. The van der Waals surface area contributed by atoms with Gasteiger partial charge in [0.05, 0.1) is 28.6 Å². The summed E-state index contributed by atoms with van der Waals surface area (Å²) in [6.07, 6.45) is 5.63. The number of likely N-dealkylation sites (tertiary alicyclic amines) is 4. The Hall–Kier alpha value is -1.24. The SMILES string of the molecule is O=S(=O)(O)CCC1c2cc(c([O-])c(CN3CCCCC3)c2[O-])C(CCS(=O)(=O)O)c2cc(c([O-])c(CN3CCCCC3)c2O)C(CCS(=O)(=O)O)c2cc(c(O)c(CN3CCCCC3)c2O)C(CCS(=O)(=O)O)c2cc1c(O)c(CN1CCCCC1)c2[O-].[Na+].[Na+].[Na+].[Na+]. The fourth-order valence-electron chi connectivity index (χ4n) is 14.1. The molecule has 488 valence electrons. The van der Waals surface area contributed by atoms with Crippen molar-refractivity contribution in [2.45, 2.75) is 153 Å². The van der Waals surface area contributed by atoms with E-state index in [0.29, 0.717) is 104 Å². The summed E-state index contributed by atoms with van der Waals surface area (Å²) in [6, 6.07) is 4.39. The molecule has 1 aliphatic carbocycles. The van der Waals surface area contributed by atoms with Gasteiger partial charge in [-0.05, 0) is 163 Å². The third-order valence-electron chi connectivity index (χ3n) is 18.6. The minimum Gasteiger partial charge on any atom is -0.872 e. The van der Waals surface area contributed by atoms with Gasteiger partial charge < -0.3 is 40.9 Å². The van der Waals surface area contributed by atoms with E-state index in [0.717, 1.165) is 49.9 Å². The third kappa shape index (κ3) is 20.5. The van der Waals surface area contributed by atoms with Gasteiger partial charge in [-0.3, -0.25) is 37.8 Å². The topological polar surface area (TPSA) is 404 Å². The summed E-state index contributed by atoms with van der Waals surface area (Å²) >= 11 is 0. The fraction of sp³-hybridized carbons (Fsp3) is 0.600. The minimum atomic E-state index is -5.00. The summed E-state index contributed by atoms with van der Waals surface area (Å²) in [5, 5.41) is 115. The number of piperidine rings is 4. The van der Waals surface area contributed by atoms with Crippen LogP contribution in [0.1, 0.15) is 193 Å². The molecule has 4 aliphatic heterocycles. The molecule has 0 radical (unpaired) electrons. The molecular weight excluding hydrogens is 1320 g/mol. The summed E-state index contributed by atoms with van der Waals surface area (Å²) in [4.78, 5) is 7.42. The second-order valence-corrected chi connectivity index (χ2v) is 31.0. The minimum absolute atomic E-state index is 0. The van der Waals surface area contributed by atoms with Crippen LogP contribution in [0.3, 0.4) is 0 Å². The van der Waals surface area contributed by atoms with E-state index in [4.69, 9.17) is 0 Å². The van der Waals surface area contributed by atoms with Gasteiger partial charge in [0.25, 0.3) is 40.5 Å². The molecule has 0 spiro atoms. The number of fused-ring (bicyclic) bond motifs is 8. The van der Waals surface area contributed by atoms with Crippen LogP contribution in [0, 0.1) is 0 Å². The van der Waals surface area contributed by atoms with E-state index in [2.05, 4.69) is 0 Å². The summed E-state index contributed by atoms with van der Waals surface area (Å²) in [5.41, 5.74) is -4.35. The maximum Gasteiger partial charge on any atom is 1.00 e. The van der Waals surface area contributed by atoms with E-state index in [9.17, 15) is 72.3 Å². The number of phenols is 4. The van der Waals surface area contributed by atoms with Crippen molar-refractivity contribution in [3.05, 3.63) is 91.0 Å². The van der Waals surface area contributed by atoms with E-state index in [1.54, 1.807) is 0 Å². The Morgan fingerprint density at radius 2 is 0.489 bits per heavy atom. The van der Waals surface area contributed by atoms with Crippen LogP contribution in [-0.4, -0.2) is 167 Å². The molecule has 92 heavy (non-hydrogen) atoms. The molecule has 4 aromatic rings. The largest absolute Gasteiger partial charge is 1.00 e. The quantitative estimate of drug-likeness (QED) is 0.0301. The van der Waals surface area contributed by atoms with Crippen molar-refractivity contribution in [1.29, 1.82) is 0 Å². The molecule has 4 saturated heterocycles. The molecule has 8 N–H and O–H groups in total. The van der Waals surface area contributed by atoms with Crippen molar-refractivity contribution in [1.82, 2.24) is 19.6 Å². The molecule has 0 saturated carbocycles. The number of phenolic OH excluding ortho intramolecular Hbond substituents is 4. The molecular formula is C60H80N4Na4O20S4. The number of aromatic hydroxyl groups is 4. The number of rotatable bonds is 20. The zero-order valence-corrected chi connectivity index (χ0v) is 64.4. The van der Waals surface area contributed by atoms with Crippen LogP contribution in [0.2, 0.25) is 0 Å². The van der Waals surface area contributed by atoms with E-state index < -0.39 is 187 Å². The molecule has 0 aromatic heterocycles. The monoisotopic (exact) mass is 1400 g/mol. The second-order valence-electron chi connectivity index (χ2n) is 24.7. The predicted molar refractivity (Wildman–Crippen MR) is 318 cm³/mol. The number of hydrogen-bond donors (Lipinski definition) is 8. The van der Waals surface area contributed by atoms with Crippen molar-refractivity contribution >= 4 is 40.5 Å². The van der Waals surface area contributed by atoms with Crippen molar-refractivity contribution in [3.8, 4) is 46.0 Å². The van der Waals surface area contributed by atoms with Crippen molar-refractivity contribution in [3.63, 3.8) is 0 Å². The van der Waals surface area contributed by atoms with Crippen molar-refractivity contribution < 1.29 is 211 Å². The van der Waals surface area contributed by atoms with Gasteiger partial charge in [-0.2, -0.15) is 33.7 Å². The third-order valence-corrected chi connectivity index (χ3v) is 21.6. The van der Waals surface area contributed by atoms with Crippen molar-refractivity contribution in [2.75, 3.05) is 75.4 Å². The molecule has 4 heterocycles. The number of nitrogens with zero attached hydrogens (tertiary/aromatic N) is 4. The first-order valence-corrected chi connectivity index (χ1v) is 36.8. The Labute approximate surface area is 628 Å². The second kappa shape index (κ2) is 34.7. The van der Waals surface area contributed by atoms with E-state index in [1.165, 1.54) is 0 Å². The standard InChI is InChI=1S/C60H84N4O20S4.4Na/c65-53-41-29-42(54(66)49(53)33-61-17-5-1-6-18-61)38(14-26-86(76,77)78)44-31-46(58(70)51(56(44)68)35-63-21-9-3-10-22-63)40(16-28-88(82,83)84)48-32-47(59(71)52(60(48)72)36-64-23-11-4-12-24-64)39(15-27-87(79,80)81)45-30-43(37(41)13-25-85(73,74)75)55(67)50(57(45)69)34-62-19-7-2-8-20-62;;;;/h29-32,37-40,65-72H,1-28,33-36H2,(H,73,74,75)(H,76,77,78)(H,79,80,81)(H,82,83,84);;;;/q;4*+1/p-4. The molecule has 5 aliphatic rings. The van der Waals surface area contributed by atoms with Gasteiger partial charge >= 0.3 is 118 Å². The normalized spacial score (nSPS) is 20.7. The van der Waals surface area contributed by atoms with Crippen LogP contribution in [0.5, 0.6) is 46.0 Å². The molecule has 24 nitrogen and oxygen atoms in total. The molecule has 4 aromatic carbocycles. The van der Waals surface area contributed by atoms with Crippen LogP contribution in [0.25, 0.3) is 0 Å². The van der Waals surface area contributed by atoms with Crippen LogP contribution >= 0.6 is 0 Å². The smallest absolute Gasteiger partial charge is 0.872 e. The molecule has 8 bridgehead atoms. The summed E-state index contributed by atoms with van der Waals surface area (Å²) in [7, 11) is -20.0. The zero-order valence-electron chi connectivity index (χ0n) is 53.1. The average molecular weight is 1400 g/mol. The Bertz CT molecular complexity index is 3110. The van der Waals surface area contributed by atoms with Crippen LogP contribution in [0.15, 0.2) is 24.3 Å². The van der Waals surface area contributed by atoms with E-state index in [1.807, 2.05) is 19.6 Å². The Morgan fingerprint density at radius 3 is 0.728 bits per heavy atom. The molecule has 32 heteroatoms. The maximum absolute atomic E-state index is 15.8. The molecule has 4 fully saturated rings. The van der Waals surface area contributed by atoms with Gasteiger partial charge in [-0.1, -0.05) is 55.4 Å². The first-order valence-electron chi connectivity index (χ1n) is 30.4. The predicted octanol–water partition coefficient (Wildman–Crippen LogP) is -7.28. The first-order chi connectivity index (χ1) is 41.5. The fourth-order valence-corrected chi connectivity index (χ4v) is 16.2.